The number of nitrogens with zero attached hydrogens (tertiary/aromatic N) is 5. The van der Waals surface area contributed by atoms with E-state index in [-0.39, 0.29) is 0 Å². The maximum absolute atomic E-state index is 4.56. The Balaban J connectivity index is 1.58. The fourth-order valence-corrected chi connectivity index (χ4v) is 3.40. The van der Waals surface area contributed by atoms with Crippen LogP contribution < -0.4 is 9.80 Å². The van der Waals surface area contributed by atoms with Crippen LogP contribution in [0.3, 0.4) is 0 Å². The van der Waals surface area contributed by atoms with Gasteiger partial charge in [0, 0.05) is 31.9 Å². The third-order valence-corrected chi connectivity index (χ3v) is 4.72. The summed E-state index contributed by atoms with van der Waals surface area (Å²) in [7, 11) is 0. The SMILES string of the molecule is CCc1n[nH]c2ncnc(N3CCN(c4c[c]ccc4C)CC3)c12. The Bertz CT molecular complexity index is 848. The van der Waals surface area contributed by atoms with E-state index >= 15 is 0 Å². The first kappa shape index (κ1) is 14.9. The molecule has 0 bridgehead atoms. The number of piperazine rings is 1. The zero-order chi connectivity index (χ0) is 16.5. The number of aromatic nitrogens is 4. The summed E-state index contributed by atoms with van der Waals surface area (Å²) in [6.45, 7) is 8.10. The fourth-order valence-electron chi connectivity index (χ4n) is 3.40. The zero-order valence-electron chi connectivity index (χ0n) is 14.1. The molecular formula is C18H21N6. The number of fused-ring (bicyclic) bond motifs is 1. The molecule has 6 nitrogen and oxygen atoms in total. The van der Waals surface area contributed by atoms with Gasteiger partial charge >= 0.3 is 0 Å². The summed E-state index contributed by atoms with van der Waals surface area (Å²) < 4.78 is 0. The topological polar surface area (TPSA) is 60.9 Å². The van der Waals surface area contributed by atoms with E-state index in [1.165, 1.54) is 11.3 Å². The number of nitrogens with one attached hydrogen (secondary N) is 1. The number of rotatable bonds is 3. The van der Waals surface area contributed by atoms with Gasteiger partial charge in [0.05, 0.1) is 11.1 Å². The lowest BCUT2D eigenvalue weighted by atomic mass is 10.1. The third-order valence-electron chi connectivity index (χ3n) is 4.72. The molecule has 2 aromatic heterocycles. The molecule has 1 aliphatic heterocycles. The van der Waals surface area contributed by atoms with Crippen molar-refractivity contribution in [2.45, 2.75) is 20.3 Å². The van der Waals surface area contributed by atoms with E-state index in [4.69, 9.17) is 0 Å². The molecule has 1 aliphatic rings. The van der Waals surface area contributed by atoms with E-state index in [1.807, 2.05) is 6.07 Å². The second-order valence-corrected chi connectivity index (χ2v) is 6.13. The molecule has 1 radical (unpaired) electrons. The summed E-state index contributed by atoms with van der Waals surface area (Å²) in [6.07, 6.45) is 2.50. The molecule has 4 rings (SSSR count). The molecule has 3 aromatic rings. The van der Waals surface area contributed by atoms with Gasteiger partial charge in [-0.1, -0.05) is 19.1 Å². The average Bonchev–Trinajstić information content (AvgIpc) is 3.06. The van der Waals surface area contributed by atoms with Crippen molar-refractivity contribution in [2.75, 3.05) is 36.0 Å². The molecular weight excluding hydrogens is 300 g/mol. The lowest BCUT2D eigenvalue weighted by Crippen LogP contribution is -2.47. The normalized spacial score (nSPS) is 15.2. The summed E-state index contributed by atoms with van der Waals surface area (Å²) in [5.74, 6) is 1.00. The predicted octanol–water partition coefficient (Wildman–Crippen LogP) is 2.35. The quantitative estimate of drug-likeness (QED) is 0.802. The minimum absolute atomic E-state index is 0.827. The largest absolute Gasteiger partial charge is 0.368 e. The lowest BCUT2D eigenvalue weighted by Gasteiger charge is -2.37. The molecule has 1 fully saturated rings. The smallest absolute Gasteiger partial charge is 0.160 e. The van der Waals surface area contributed by atoms with Crippen molar-refractivity contribution in [1.29, 1.82) is 0 Å². The number of hydrogen-bond donors (Lipinski definition) is 1. The predicted molar refractivity (Wildman–Crippen MR) is 95.5 cm³/mol. The van der Waals surface area contributed by atoms with Crippen LogP contribution in [0.5, 0.6) is 0 Å². The summed E-state index contributed by atoms with van der Waals surface area (Å²) in [5.41, 5.74) is 4.45. The van der Waals surface area contributed by atoms with E-state index in [0.29, 0.717) is 0 Å². The van der Waals surface area contributed by atoms with Crippen LogP contribution >= 0.6 is 0 Å². The number of hydrogen-bond acceptors (Lipinski definition) is 5. The summed E-state index contributed by atoms with van der Waals surface area (Å²) in [5, 5.41) is 8.46. The van der Waals surface area contributed by atoms with Crippen molar-refractivity contribution in [3.05, 3.63) is 41.9 Å². The van der Waals surface area contributed by atoms with Gasteiger partial charge in [0.15, 0.2) is 5.65 Å². The highest BCUT2D eigenvalue weighted by molar-refractivity contribution is 5.89. The van der Waals surface area contributed by atoms with Gasteiger partial charge in [-0.05, 0) is 31.0 Å². The average molecular weight is 321 g/mol. The van der Waals surface area contributed by atoms with Crippen LogP contribution in [0.25, 0.3) is 11.0 Å². The van der Waals surface area contributed by atoms with Gasteiger partial charge in [-0.3, -0.25) is 5.10 Å². The van der Waals surface area contributed by atoms with Crippen LogP contribution in [0.15, 0.2) is 24.5 Å². The molecule has 0 spiro atoms. The minimum atomic E-state index is 0.827. The Labute approximate surface area is 141 Å². The van der Waals surface area contributed by atoms with Crippen LogP contribution in [-0.4, -0.2) is 46.3 Å². The van der Waals surface area contributed by atoms with Crippen molar-refractivity contribution in [2.24, 2.45) is 0 Å². The van der Waals surface area contributed by atoms with Crippen molar-refractivity contribution in [3.8, 4) is 0 Å². The van der Waals surface area contributed by atoms with Gasteiger partial charge < -0.3 is 9.80 Å². The molecule has 0 amide bonds. The van der Waals surface area contributed by atoms with E-state index < -0.39 is 0 Å². The Morgan fingerprint density at radius 2 is 1.96 bits per heavy atom. The van der Waals surface area contributed by atoms with Crippen molar-refractivity contribution in [1.82, 2.24) is 20.2 Å². The van der Waals surface area contributed by atoms with Crippen LogP contribution in [-0.2, 0) is 6.42 Å². The lowest BCUT2D eigenvalue weighted by molar-refractivity contribution is 0.647. The Hall–Kier alpha value is -2.63. The van der Waals surface area contributed by atoms with Crippen molar-refractivity contribution < 1.29 is 0 Å². The van der Waals surface area contributed by atoms with E-state index in [1.54, 1.807) is 6.33 Å². The minimum Gasteiger partial charge on any atom is -0.368 e. The van der Waals surface area contributed by atoms with Gasteiger partial charge in [0.25, 0.3) is 0 Å². The van der Waals surface area contributed by atoms with Crippen LogP contribution in [0.2, 0.25) is 0 Å². The number of anilines is 2. The first-order valence-electron chi connectivity index (χ1n) is 8.42. The zero-order valence-corrected chi connectivity index (χ0v) is 14.1. The molecule has 0 aliphatic carbocycles. The second kappa shape index (κ2) is 6.11. The molecule has 0 unspecified atom stereocenters. The monoisotopic (exact) mass is 321 g/mol. The highest BCUT2D eigenvalue weighted by Crippen LogP contribution is 2.27. The molecule has 6 heteroatoms. The van der Waals surface area contributed by atoms with Gasteiger partial charge in [0.2, 0.25) is 0 Å². The second-order valence-electron chi connectivity index (χ2n) is 6.13. The van der Waals surface area contributed by atoms with E-state index in [9.17, 15) is 0 Å². The highest BCUT2D eigenvalue weighted by atomic mass is 15.3. The first-order valence-corrected chi connectivity index (χ1v) is 8.42. The molecule has 24 heavy (non-hydrogen) atoms. The van der Waals surface area contributed by atoms with E-state index in [0.717, 1.165) is 55.1 Å². The van der Waals surface area contributed by atoms with Gasteiger partial charge in [0.1, 0.15) is 12.1 Å². The number of benzene rings is 1. The molecule has 1 aromatic carbocycles. The summed E-state index contributed by atoms with van der Waals surface area (Å²) in [4.78, 5) is 13.6. The number of aryl methyl sites for hydroxylation is 2. The molecule has 0 atom stereocenters. The molecule has 123 valence electrons. The van der Waals surface area contributed by atoms with Crippen LogP contribution in [0, 0.1) is 13.0 Å². The van der Waals surface area contributed by atoms with Crippen molar-refractivity contribution in [3.63, 3.8) is 0 Å². The maximum Gasteiger partial charge on any atom is 0.160 e. The standard InChI is InChI=1S/C18H21N6/c1-3-14-16-17(22-21-14)19-12-20-18(16)24-10-8-23(9-11-24)15-7-5-4-6-13(15)2/h4,6-7,12H,3,8-11H2,1-2H3,(H,19,20,21,22). The Kier molecular flexibility index (Phi) is 3.80. The summed E-state index contributed by atoms with van der Waals surface area (Å²) >= 11 is 0. The fraction of sp³-hybridized carbons (Fsp3) is 0.389. The highest BCUT2D eigenvalue weighted by Gasteiger charge is 2.22. The number of aromatic amines is 1. The van der Waals surface area contributed by atoms with E-state index in [2.05, 4.69) is 62.0 Å². The molecule has 3 heterocycles. The van der Waals surface area contributed by atoms with Crippen LogP contribution in [0.4, 0.5) is 11.5 Å². The Morgan fingerprint density at radius 1 is 1.17 bits per heavy atom. The molecule has 1 N–H and O–H groups in total. The number of H-pyrrole nitrogens is 1. The first-order chi connectivity index (χ1) is 11.8. The van der Waals surface area contributed by atoms with Crippen LogP contribution in [0.1, 0.15) is 18.2 Å². The third kappa shape index (κ3) is 2.48. The van der Waals surface area contributed by atoms with Gasteiger partial charge in [-0.15, -0.1) is 0 Å². The molecule has 1 saturated heterocycles. The summed E-state index contributed by atoms with van der Waals surface area (Å²) in [6, 6.07) is 9.36. The Morgan fingerprint density at radius 3 is 2.71 bits per heavy atom. The molecule has 0 saturated carbocycles. The van der Waals surface area contributed by atoms with Gasteiger partial charge in [-0.25, -0.2) is 9.97 Å². The van der Waals surface area contributed by atoms with Gasteiger partial charge in [-0.2, -0.15) is 5.10 Å². The van der Waals surface area contributed by atoms with Crippen molar-refractivity contribution >= 4 is 22.5 Å². The maximum atomic E-state index is 4.56.